The Hall–Kier alpha value is -2.13. The number of aryl methyl sites for hydroxylation is 1. The van der Waals surface area contributed by atoms with Crippen molar-refractivity contribution in [1.82, 2.24) is 5.32 Å². The fraction of sp³-hybridized carbons (Fsp3) is 0.381. The largest absolute Gasteiger partial charge is 0.497 e. The average Bonchev–Trinajstić information content (AvgIpc) is 2.63. The van der Waals surface area contributed by atoms with Crippen LogP contribution in [0, 0.1) is 6.92 Å². The lowest BCUT2D eigenvalue weighted by Crippen LogP contribution is -2.50. The number of Topliss-reactive ketones (excluding diaryl/α,β-unsaturated/α-hetero) is 1. The van der Waals surface area contributed by atoms with E-state index in [1.165, 1.54) is 11.1 Å². The molecule has 3 nitrogen and oxygen atoms in total. The molecular formula is C21H25NO2. The van der Waals surface area contributed by atoms with E-state index in [4.69, 9.17) is 4.74 Å². The smallest absolute Gasteiger partial charge is 0.157 e. The lowest BCUT2D eigenvalue weighted by atomic mass is 9.75. The summed E-state index contributed by atoms with van der Waals surface area (Å²) in [7, 11) is 1.66. The monoisotopic (exact) mass is 323 g/mol. The van der Waals surface area contributed by atoms with Crippen molar-refractivity contribution in [3.8, 4) is 5.75 Å². The molecule has 3 rings (SSSR count). The number of rotatable bonds is 5. The quantitative estimate of drug-likeness (QED) is 0.899. The molecule has 1 aliphatic carbocycles. The predicted octanol–water partition coefficient (Wildman–Crippen LogP) is 4.13. The van der Waals surface area contributed by atoms with Crippen molar-refractivity contribution in [3.63, 3.8) is 0 Å². The first-order valence-electron chi connectivity index (χ1n) is 8.62. The molecule has 0 aliphatic heterocycles. The van der Waals surface area contributed by atoms with Crippen LogP contribution < -0.4 is 10.1 Å². The van der Waals surface area contributed by atoms with Crippen molar-refractivity contribution < 1.29 is 9.53 Å². The Balaban J connectivity index is 1.87. The van der Waals surface area contributed by atoms with Gasteiger partial charge in [-0.3, -0.25) is 10.1 Å². The Kier molecular flexibility index (Phi) is 5.00. The summed E-state index contributed by atoms with van der Waals surface area (Å²) in [4.78, 5) is 12.9. The van der Waals surface area contributed by atoms with Gasteiger partial charge in [0.25, 0.3) is 0 Å². The van der Waals surface area contributed by atoms with Crippen LogP contribution >= 0.6 is 0 Å². The summed E-state index contributed by atoms with van der Waals surface area (Å²) >= 11 is 0. The summed E-state index contributed by atoms with van der Waals surface area (Å²) in [6.07, 6.45) is 3.55. The van der Waals surface area contributed by atoms with E-state index in [-0.39, 0.29) is 0 Å². The SMILES string of the molecule is COc1ccc(C2(NCc3ccc(C)cc3)CCCCC2=O)cc1. The summed E-state index contributed by atoms with van der Waals surface area (Å²) < 4.78 is 5.25. The first-order chi connectivity index (χ1) is 11.6. The Labute approximate surface area is 144 Å². The number of methoxy groups -OCH3 is 1. The molecule has 1 atom stereocenters. The molecule has 0 spiro atoms. The maximum absolute atomic E-state index is 12.9. The van der Waals surface area contributed by atoms with Crippen LogP contribution in [0.1, 0.15) is 42.4 Å². The number of hydrogen-bond acceptors (Lipinski definition) is 3. The van der Waals surface area contributed by atoms with Gasteiger partial charge in [0, 0.05) is 13.0 Å². The maximum atomic E-state index is 12.9. The van der Waals surface area contributed by atoms with Gasteiger partial charge in [0.15, 0.2) is 5.78 Å². The number of carbonyl (C=O) groups is 1. The number of benzene rings is 2. The van der Waals surface area contributed by atoms with Crippen LogP contribution in [0.5, 0.6) is 5.75 Å². The number of carbonyl (C=O) groups excluding carboxylic acids is 1. The summed E-state index contributed by atoms with van der Waals surface area (Å²) in [5, 5.41) is 3.58. The third-order valence-corrected chi connectivity index (χ3v) is 4.98. The van der Waals surface area contributed by atoms with Crippen LogP contribution in [0.25, 0.3) is 0 Å². The van der Waals surface area contributed by atoms with E-state index in [9.17, 15) is 4.79 Å². The van der Waals surface area contributed by atoms with Crippen LogP contribution in [-0.2, 0) is 16.9 Å². The second-order valence-electron chi connectivity index (χ2n) is 6.60. The fourth-order valence-electron chi connectivity index (χ4n) is 3.46. The zero-order valence-electron chi connectivity index (χ0n) is 14.5. The molecule has 0 bridgehead atoms. The molecule has 126 valence electrons. The lowest BCUT2D eigenvalue weighted by molar-refractivity contribution is -0.128. The number of hydrogen-bond donors (Lipinski definition) is 1. The molecule has 3 heteroatoms. The van der Waals surface area contributed by atoms with Gasteiger partial charge in [0.05, 0.1) is 7.11 Å². The lowest BCUT2D eigenvalue weighted by Gasteiger charge is -2.37. The van der Waals surface area contributed by atoms with Gasteiger partial charge in [-0.2, -0.15) is 0 Å². The third kappa shape index (κ3) is 3.36. The number of ether oxygens (including phenoxy) is 1. The van der Waals surface area contributed by atoms with Crippen molar-refractivity contribution in [3.05, 3.63) is 65.2 Å². The zero-order valence-corrected chi connectivity index (χ0v) is 14.5. The van der Waals surface area contributed by atoms with E-state index in [1.54, 1.807) is 7.11 Å². The highest BCUT2D eigenvalue weighted by molar-refractivity contribution is 5.90. The maximum Gasteiger partial charge on any atom is 0.157 e. The Morgan fingerprint density at radius 2 is 1.75 bits per heavy atom. The first kappa shape index (κ1) is 16.7. The molecule has 1 unspecified atom stereocenters. The third-order valence-electron chi connectivity index (χ3n) is 4.98. The highest BCUT2D eigenvalue weighted by atomic mass is 16.5. The van der Waals surface area contributed by atoms with Gasteiger partial charge in [-0.15, -0.1) is 0 Å². The Morgan fingerprint density at radius 1 is 1.04 bits per heavy atom. The molecule has 0 radical (unpaired) electrons. The van der Waals surface area contributed by atoms with Crippen molar-refractivity contribution in [2.75, 3.05) is 7.11 Å². The average molecular weight is 323 g/mol. The van der Waals surface area contributed by atoms with Crippen LogP contribution in [0.2, 0.25) is 0 Å². The first-order valence-corrected chi connectivity index (χ1v) is 8.62. The minimum Gasteiger partial charge on any atom is -0.497 e. The van der Waals surface area contributed by atoms with Crippen molar-refractivity contribution in [1.29, 1.82) is 0 Å². The van der Waals surface area contributed by atoms with Crippen LogP contribution in [0.3, 0.4) is 0 Å². The summed E-state index contributed by atoms with van der Waals surface area (Å²) in [5.74, 6) is 1.11. The molecule has 24 heavy (non-hydrogen) atoms. The molecule has 0 amide bonds. The van der Waals surface area contributed by atoms with Gasteiger partial charge in [0.2, 0.25) is 0 Å². The van der Waals surface area contributed by atoms with E-state index in [0.29, 0.717) is 18.7 Å². The standard InChI is InChI=1S/C21H25NO2/c1-16-6-8-17(9-7-16)15-22-21(14-4-3-5-20(21)23)18-10-12-19(24-2)13-11-18/h6-13,22H,3-5,14-15H2,1-2H3. The van der Waals surface area contributed by atoms with Crippen molar-refractivity contribution in [2.24, 2.45) is 0 Å². The normalized spacial score (nSPS) is 20.8. The minimum atomic E-state index is -0.574. The predicted molar refractivity (Wildman–Crippen MR) is 96.2 cm³/mol. The van der Waals surface area contributed by atoms with E-state index in [0.717, 1.165) is 30.6 Å². The Morgan fingerprint density at radius 3 is 2.38 bits per heavy atom. The van der Waals surface area contributed by atoms with Crippen LogP contribution in [-0.4, -0.2) is 12.9 Å². The van der Waals surface area contributed by atoms with E-state index >= 15 is 0 Å². The Bertz CT molecular complexity index is 691. The molecule has 0 aromatic heterocycles. The summed E-state index contributed by atoms with van der Waals surface area (Å²) in [6.45, 7) is 2.78. The zero-order chi connectivity index (χ0) is 17.0. The number of nitrogens with one attached hydrogen (secondary N) is 1. The molecule has 1 saturated carbocycles. The van der Waals surface area contributed by atoms with Gasteiger partial charge in [-0.1, -0.05) is 48.4 Å². The highest BCUT2D eigenvalue weighted by Gasteiger charge is 2.40. The van der Waals surface area contributed by atoms with E-state index in [2.05, 4.69) is 36.5 Å². The van der Waals surface area contributed by atoms with Gasteiger partial charge >= 0.3 is 0 Å². The van der Waals surface area contributed by atoms with Crippen molar-refractivity contribution in [2.45, 2.75) is 44.7 Å². The summed E-state index contributed by atoms with van der Waals surface area (Å²) in [6, 6.07) is 16.4. The molecule has 2 aromatic rings. The van der Waals surface area contributed by atoms with E-state index < -0.39 is 5.54 Å². The number of ketones is 1. The second-order valence-corrected chi connectivity index (χ2v) is 6.60. The van der Waals surface area contributed by atoms with Gasteiger partial charge in [-0.25, -0.2) is 0 Å². The fourth-order valence-corrected chi connectivity index (χ4v) is 3.46. The minimum absolute atomic E-state index is 0.297. The summed E-state index contributed by atoms with van der Waals surface area (Å²) in [5.41, 5.74) is 2.92. The molecular weight excluding hydrogens is 298 g/mol. The van der Waals surface area contributed by atoms with Crippen molar-refractivity contribution >= 4 is 5.78 Å². The molecule has 0 heterocycles. The molecule has 1 N–H and O–H groups in total. The molecule has 1 aliphatic rings. The molecule has 2 aromatic carbocycles. The van der Waals surface area contributed by atoms with Gasteiger partial charge in [0.1, 0.15) is 11.3 Å². The molecule has 0 saturated heterocycles. The van der Waals surface area contributed by atoms with Gasteiger partial charge in [-0.05, 0) is 43.0 Å². The van der Waals surface area contributed by atoms with Crippen LogP contribution in [0.4, 0.5) is 0 Å². The van der Waals surface area contributed by atoms with Gasteiger partial charge < -0.3 is 4.74 Å². The van der Waals surface area contributed by atoms with Crippen LogP contribution in [0.15, 0.2) is 48.5 Å². The molecule has 1 fully saturated rings. The second kappa shape index (κ2) is 7.18. The topological polar surface area (TPSA) is 38.3 Å². The van der Waals surface area contributed by atoms with E-state index in [1.807, 2.05) is 24.3 Å². The highest BCUT2D eigenvalue weighted by Crippen LogP contribution is 2.35.